The number of anilines is 2. The van der Waals surface area contributed by atoms with Gasteiger partial charge in [-0.05, 0) is 56.1 Å². The highest BCUT2D eigenvalue weighted by molar-refractivity contribution is 7.90. The highest BCUT2D eigenvalue weighted by Gasteiger charge is 2.27. The Morgan fingerprint density at radius 2 is 1.68 bits per heavy atom. The van der Waals surface area contributed by atoms with Gasteiger partial charge in [-0.25, -0.2) is 4.31 Å². The van der Waals surface area contributed by atoms with Crippen LogP contribution in [0.3, 0.4) is 0 Å². The molecule has 1 amide bonds. The number of hydrogen-bond acceptors (Lipinski definition) is 5. The second-order valence-electron chi connectivity index (χ2n) is 8.95. The van der Waals surface area contributed by atoms with E-state index in [2.05, 4.69) is 47.2 Å². The Balaban J connectivity index is 1.44. The van der Waals surface area contributed by atoms with Crippen LogP contribution in [0.1, 0.15) is 17.5 Å². The molecule has 3 rings (SSSR count). The summed E-state index contributed by atoms with van der Waals surface area (Å²) < 4.78 is 27.7. The second kappa shape index (κ2) is 11.7. The maximum atomic E-state index is 12.7. The molecule has 1 N–H and O–H groups in total. The Bertz CT molecular complexity index is 1050. The number of rotatable bonds is 10. The molecule has 8 nitrogen and oxygen atoms in total. The smallest absolute Gasteiger partial charge is 0.304 e. The molecule has 2 aromatic rings. The van der Waals surface area contributed by atoms with Crippen LogP contribution < -0.4 is 14.5 Å². The lowest BCUT2D eigenvalue weighted by atomic mass is 10.1. The molecule has 0 unspecified atom stereocenters. The van der Waals surface area contributed by atoms with Gasteiger partial charge >= 0.3 is 10.2 Å². The predicted octanol–water partition coefficient (Wildman–Crippen LogP) is 2.24. The number of amides is 1. The lowest BCUT2D eigenvalue weighted by Gasteiger charge is -2.37. The average Bonchev–Trinajstić information content (AvgIpc) is 2.82. The van der Waals surface area contributed by atoms with E-state index in [0.717, 1.165) is 47.8 Å². The molecule has 0 atom stereocenters. The first-order chi connectivity index (χ1) is 16.2. The van der Waals surface area contributed by atoms with E-state index in [9.17, 15) is 13.2 Å². The SMILES string of the molecule is Cc1ccc(C)c(N2CCN(CCCNC(=O)CN(c3ccccc3)S(=O)(=O)N(C)C)CC2)c1. The number of para-hydroxylation sites is 1. The van der Waals surface area contributed by atoms with Crippen LogP contribution in [0.4, 0.5) is 11.4 Å². The number of carbonyl (C=O) groups is 1. The monoisotopic (exact) mass is 487 g/mol. The average molecular weight is 488 g/mol. The number of benzene rings is 2. The van der Waals surface area contributed by atoms with Crippen LogP contribution in [0.2, 0.25) is 0 Å². The number of carbonyl (C=O) groups excluding carboxylic acids is 1. The minimum Gasteiger partial charge on any atom is -0.369 e. The van der Waals surface area contributed by atoms with E-state index in [1.165, 1.54) is 30.9 Å². The van der Waals surface area contributed by atoms with Crippen molar-refractivity contribution in [3.05, 3.63) is 59.7 Å². The van der Waals surface area contributed by atoms with E-state index in [1.807, 2.05) is 6.07 Å². The fourth-order valence-corrected chi connectivity index (χ4v) is 5.15. The highest BCUT2D eigenvalue weighted by Crippen LogP contribution is 2.23. The topological polar surface area (TPSA) is 76.2 Å². The molecule has 0 aromatic heterocycles. The summed E-state index contributed by atoms with van der Waals surface area (Å²) in [4.78, 5) is 17.4. The van der Waals surface area contributed by atoms with Crippen molar-refractivity contribution in [2.45, 2.75) is 20.3 Å². The molecule has 0 spiro atoms. The van der Waals surface area contributed by atoms with Crippen molar-refractivity contribution in [2.24, 2.45) is 0 Å². The number of piperazine rings is 1. The van der Waals surface area contributed by atoms with Gasteiger partial charge in [0.15, 0.2) is 0 Å². The molecular formula is C25H37N5O3S. The zero-order chi connectivity index (χ0) is 24.7. The first-order valence-electron chi connectivity index (χ1n) is 11.7. The van der Waals surface area contributed by atoms with Crippen LogP contribution in [0.25, 0.3) is 0 Å². The highest BCUT2D eigenvalue weighted by atomic mass is 32.2. The molecule has 1 aliphatic rings. The van der Waals surface area contributed by atoms with Gasteiger partial charge in [0.1, 0.15) is 6.54 Å². The van der Waals surface area contributed by atoms with Crippen LogP contribution in [-0.4, -0.2) is 83.4 Å². The summed E-state index contributed by atoms with van der Waals surface area (Å²) in [7, 11) is -0.853. The number of aryl methyl sites for hydroxylation is 2. The summed E-state index contributed by atoms with van der Waals surface area (Å²) in [5, 5.41) is 2.88. The molecule has 0 bridgehead atoms. The minimum atomic E-state index is -3.78. The maximum Gasteiger partial charge on any atom is 0.304 e. The fraction of sp³-hybridized carbons (Fsp3) is 0.480. The normalized spacial score (nSPS) is 14.9. The lowest BCUT2D eigenvalue weighted by Crippen LogP contribution is -2.48. The van der Waals surface area contributed by atoms with E-state index in [0.29, 0.717) is 12.2 Å². The van der Waals surface area contributed by atoms with Gasteiger partial charge in [0.2, 0.25) is 5.91 Å². The van der Waals surface area contributed by atoms with Gasteiger partial charge in [-0.3, -0.25) is 9.69 Å². The second-order valence-corrected chi connectivity index (χ2v) is 11.0. The lowest BCUT2D eigenvalue weighted by molar-refractivity contribution is -0.119. The molecule has 1 saturated heterocycles. The summed E-state index contributed by atoms with van der Waals surface area (Å²) in [6, 6.07) is 15.3. The van der Waals surface area contributed by atoms with E-state index < -0.39 is 10.2 Å². The summed E-state index contributed by atoms with van der Waals surface area (Å²) in [5.41, 5.74) is 4.38. The van der Waals surface area contributed by atoms with Crippen molar-refractivity contribution in [1.29, 1.82) is 0 Å². The van der Waals surface area contributed by atoms with E-state index in [1.54, 1.807) is 24.3 Å². The van der Waals surface area contributed by atoms with Crippen LogP contribution in [0.5, 0.6) is 0 Å². The molecule has 34 heavy (non-hydrogen) atoms. The largest absolute Gasteiger partial charge is 0.369 e. The van der Waals surface area contributed by atoms with Gasteiger partial charge in [0, 0.05) is 52.5 Å². The summed E-state index contributed by atoms with van der Waals surface area (Å²) >= 11 is 0. The fourth-order valence-electron chi connectivity index (χ4n) is 4.09. The quantitative estimate of drug-likeness (QED) is 0.520. The van der Waals surface area contributed by atoms with E-state index in [4.69, 9.17) is 0 Å². The number of nitrogens with zero attached hydrogens (tertiary/aromatic N) is 4. The van der Waals surface area contributed by atoms with Gasteiger partial charge in [-0.1, -0.05) is 30.3 Å². The van der Waals surface area contributed by atoms with Crippen LogP contribution in [-0.2, 0) is 15.0 Å². The third kappa shape index (κ3) is 6.71. The van der Waals surface area contributed by atoms with E-state index in [-0.39, 0.29) is 12.5 Å². The molecule has 1 fully saturated rings. The molecule has 0 saturated carbocycles. The zero-order valence-corrected chi connectivity index (χ0v) is 21.5. The molecule has 0 radical (unpaired) electrons. The summed E-state index contributed by atoms with van der Waals surface area (Å²) in [5.74, 6) is -0.311. The number of nitrogens with one attached hydrogen (secondary N) is 1. The molecule has 186 valence electrons. The molecule has 0 aliphatic carbocycles. The van der Waals surface area contributed by atoms with Crippen LogP contribution >= 0.6 is 0 Å². The Hall–Kier alpha value is -2.62. The van der Waals surface area contributed by atoms with Crippen LogP contribution in [0.15, 0.2) is 48.5 Å². The van der Waals surface area contributed by atoms with E-state index >= 15 is 0 Å². The van der Waals surface area contributed by atoms with Crippen molar-refractivity contribution in [3.8, 4) is 0 Å². The Kier molecular flexibility index (Phi) is 8.93. The predicted molar refractivity (Wildman–Crippen MR) is 139 cm³/mol. The van der Waals surface area contributed by atoms with Crippen molar-refractivity contribution in [1.82, 2.24) is 14.5 Å². The van der Waals surface area contributed by atoms with Gasteiger partial charge in [0.05, 0.1) is 5.69 Å². The molecule has 9 heteroatoms. The standard InChI is InChI=1S/C25H37N5O3S/c1-21-11-12-22(2)24(19-21)29-17-15-28(16-18-29)14-8-13-26-25(31)20-30(34(32,33)27(3)4)23-9-6-5-7-10-23/h5-7,9-12,19H,8,13-18,20H2,1-4H3,(H,26,31). The van der Waals surface area contributed by atoms with Gasteiger partial charge in [-0.2, -0.15) is 12.7 Å². The zero-order valence-electron chi connectivity index (χ0n) is 20.7. The first-order valence-corrected chi connectivity index (χ1v) is 13.1. The van der Waals surface area contributed by atoms with Gasteiger partial charge in [0.25, 0.3) is 0 Å². The molecule has 1 aliphatic heterocycles. The summed E-state index contributed by atoms with van der Waals surface area (Å²) in [6.07, 6.45) is 0.820. The Morgan fingerprint density at radius 3 is 2.32 bits per heavy atom. The first kappa shape index (κ1) is 26.0. The third-order valence-corrected chi connectivity index (χ3v) is 7.94. The van der Waals surface area contributed by atoms with Crippen LogP contribution in [0, 0.1) is 13.8 Å². The van der Waals surface area contributed by atoms with Crippen molar-refractivity contribution >= 4 is 27.5 Å². The molecule has 1 heterocycles. The number of hydrogen-bond donors (Lipinski definition) is 1. The maximum absolute atomic E-state index is 12.7. The van der Waals surface area contributed by atoms with Gasteiger partial charge < -0.3 is 10.2 Å². The Labute approximate surface area is 204 Å². The van der Waals surface area contributed by atoms with Gasteiger partial charge in [-0.15, -0.1) is 0 Å². The van der Waals surface area contributed by atoms with Crippen molar-refractivity contribution < 1.29 is 13.2 Å². The molecule has 2 aromatic carbocycles. The van der Waals surface area contributed by atoms with Crippen molar-refractivity contribution in [2.75, 3.05) is 69.1 Å². The summed E-state index contributed by atoms with van der Waals surface area (Å²) in [6.45, 7) is 9.42. The van der Waals surface area contributed by atoms with Crippen molar-refractivity contribution in [3.63, 3.8) is 0 Å². The Morgan fingerprint density at radius 1 is 1.00 bits per heavy atom. The molecular weight excluding hydrogens is 450 g/mol. The third-order valence-electron chi connectivity index (χ3n) is 6.12. The minimum absolute atomic E-state index is 0.251.